The molecule has 8 heteroatoms. The molecule has 7 nitrogen and oxygen atoms in total. The van der Waals surface area contributed by atoms with Gasteiger partial charge >= 0.3 is 0 Å². The number of nitrogens with zero attached hydrogens (tertiary/aromatic N) is 5. The normalized spacial score (nSPS) is 11.3. The van der Waals surface area contributed by atoms with Gasteiger partial charge in [0, 0.05) is 12.4 Å². The number of anilines is 1. The van der Waals surface area contributed by atoms with Gasteiger partial charge in [-0.25, -0.2) is 9.50 Å². The molecule has 4 aromatic heterocycles. The molecule has 0 saturated carbocycles. The Morgan fingerprint density at radius 3 is 2.79 bits per heavy atom. The molecule has 0 atom stereocenters. The number of amides is 1. The van der Waals surface area contributed by atoms with E-state index in [1.807, 2.05) is 52.7 Å². The minimum atomic E-state index is -0.273. The second-order valence-corrected chi connectivity index (χ2v) is 8.57. The highest BCUT2D eigenvalue weighted by atomic mass is 32.1. The van der Waals surface area contributed by atoms with Crippen LogP contribution in [0.2, 0.25) is 0 Å². The Balaban J connectivity index is 1.24. The molecule has 0 radical (unpaired) electrons. The van der Waals surface area contributed by atoms with E-state index in [-0.39, 0.29) is 5.91 Å². The van der Waals surface area contributed by atoms with Crippen molar-refractivity contribution in [3.8, 4) is 10.6 Å². The monoisotopic (exact) mass is 450 g/mol. The first-order valence-electron chi connectivity index (χ1n) is 10.4. The summed E-state index contributed by atoms with van der Waals surface area (Å²) in [5, 5.41) is 16.2. The van der Waals surface area contributed by atoms with Crippen LogP contribution in [0.1, 0.15) is 15.9 Å². The molecule has 0 unspecified atom stereocenters. The van der Waals surface area contributed by atoms with Crippen molar-refractivity contribution < 1.29 is 4.79 Å². The largest absolute Gasteiger partial charge is 0.319 e. The average Bonchev–Trinajstić information content (AvgIpc) is 3.60. The van der Waals surface area contributed by atoms with Crippen LogP contribution < -0.4 is 5.32 Å². The Morgan fingerprint density at radius 2 is 1.88 bits per heavy atom. The zero-order chi connectivity index (χ0) is 22.2. The third-order valence-electron chi connectivity index (χ3n) is 5.52. The van der Waals surface area contributed by atoms with Crippen molar-refractivity contribution in [1.29, 1.82) is 0 Å². The average molecular weight is 451 g/mol. The van der Waals surface area contributed by atoms with E-state index in [2.05, 4.69) is 44.8 Å². The zero-order valence-electron chi connectivity index (χ0n) is 17.4. The van der Waals surface area contributed by atoms with Crippen LogP contribution in [0, 0.1) is 0 Å². The van der Waals surface area contributed by atoms with Crippen molar-refractivity contribution in [3.05, 3.63) is 102 Å². The number of carbonyl (C=O) groups excluding carboxylic acids is 1. The first-order valence-corrected chi connectivity index (χ1v) is 11.3. The van der Waals surface area contributed by atoms with Gasteiger partial charge in [-0.15, -0.1) is 11.3 Å². The first kappa shape index (κ1) is 19.4. The van der Waals surface area contributed by atoms with Crippen molar-refractivity contribution in [2.24, 2.45) is 0 Å². The Labute approximate surface area is 192 Å². The molecule has 2 aromatic carbocycles. The number of fused-ring (bicyclic) bond motifs is 2. The van der Waals surface area contributed by atoms with Crippen molar-refractivity contribution in [1.82, 2.24) is 24.4 Å². The molecule has 0 spiro atoms. The molecule has 33 heavy (non-hydrogen) atoms. The van der Waals surface area contributed by atoms with E-state index in [4.69, 9.17) is 0 Å². The highest BCUT2D eigenvalue weighted by Gasteiger charge is 2.17. The standard InChI is InChI=1S/C25H18N6OS/c32-25(21-14-28-31-22(10-11-26-24(21)31)23-9-4-12-33-23)29-19-13-27-30(16-19)15-18-7-3-6-17-5-1-2-8-20(17)18/h1-14,16H,15H2,(H,29,32). The van der Waals surface area contributed by atoms with E-state index < -0.39 is 0 Å². The number of nitrogens with one attached hydrogen (secondary N) is 1. The highest BCUT2D eigenvalue weighted by molar-refractivity contribution is 7.13. The molecular weight excluding hydrogens is 432 g/mol. The first-order chi connectivity index (χ1) is 16.3. The van der Waals surface area contributed by atoms with Gasteiger partial charge in [-0.1, -0.05) is 48.5 Å². The third kappa shape index (κ3) is 3.56. The van der Waals surface area contributed by atoms with Crippen LogP contribution >= 0.6 is 11.3 Å². The maximum Gasteiger partial charge on any atom is 0.261 e. The number of aromatic nitrogens is 5. The lowest BCUT2D eigenvalue weighted by Gasteiger charge is -2.06. The number of benzene rings is 2. The fourth-order valence-electron chi connectivity index (χ4n) is 3.98. The van der Waals surface area contributed by atoms with E-state index in [1.165, 1.54) is 16.3 Å². The van der Waals surface area contributed by atoms with Crippen LogP contribution in [0.25, 0.3) is 27.0 Å². The lowest BCUT2D eigenvalue weighted by Crippen LogP contribution is -2.11. The molecule has 0 bridgehead atoms. The van der Waals surface area contributed by atoms with Gasteiger partial charge in [0.2, 0.25) is 0 Å². The number of rotatable bonds is 5. The molecule has 160 valence electrons. The van der Waals surface area contributed by atoms with Crippen LogP contribution in [0.3, 0.4) is 0 Å². The van der Waals surface area contributed by atoms with E-state index in [0.717, 1.165) is 10.6 Å². The predicted octanol–water partition coefficient (Wildman–Crippen LogP) is 5.11. The second-order valence-electron chi connectivity index (χ2n) is 7.62. The Kier molecular flexibility index (Phi) is 4.70. The van der Waals surface area contributed by atoms with Gasteiger partial charge in [0.05, 0.1) is 35.2 Å². The molecular formula is C25H18N6OS. The van der Waals surface area contributed by atoms with Crippen LogP contribution in [-0.2, 0) is 6.54 Å². The molecule has 0 saturated heterocycles. The lowest BCUT2D eigenvalue weighted by atomic mass is 10.0. The van der Waals surface area contributed by atoms with Gasteiger partial charge in [-0.2, -0.15) is 10.2 Å². The van der Waals surface area contributed by atoms with Crippen LogP contribution in [0.5, 0.6) is 0 Å². The molecule has 1 N–H and O–H groups in total. The minimum absolute atomic E-state index is 0.273. The summed E-state index contributed by atoms with van der Waals surface area (Å²) >= 11 is 1.61. The Bertz CT molecular complexity index is 1590. The Hall–Kier alpha value is -4.30. The zero-order valence-corrected chi connectivity index (χ0v) is 18.2. The lowest BCUT2D eigenvalue weighted by molar-refractivity contribution is 0.102. The molecule has 6 aromatic rings. The molecule has 1 amide bonds. The van der Waals surface area contributed by atoms with Gasteiger partial charge in [0.1, 0.15) is 5.56 Å². The van der Waals surface area contributed by atoms with Crippen molar-refractivity contribution >= 4 is 39.4 Å². The molecule has 0 fully saturated rings. The number of carbonyl (C=O) groups is 1. The molecule has 6 rings (SSSR count). The van der Waals surface area contributed by atoms with Gasteiger partial charge in [-0.3, -0.25) is 9.48 Å². The molecule has 4 heterocycles. The second kappa shape index (κ2) is 7.99. The SMILES string of the molecule is O=C(Nc1cnn(Cc2cccc3ccccc23)c1)c1cnn2c(-c3cccs3)ccnc12. The van der Waals surface area contributed by atoms with Crippen molar-refractivity contribution in [2.75, 3.05) is 5.32 Å². The van der Waals surface area contributed by atoms with Crippen LogP contribution in [0.4, 0.5) is 5.69 Å². The van der Waals surface area contributed by atoms with E-state index >= 15 is 0 Å². The van der Waals surface area contributed by atoms with Crippen LogP contribution in [0.15, 0.2) is 90.8 Å². The fourth-order valence-corrected chi connectivity index (χ4v) is 4.72. The van der Waals surface area contributed by atoms with E-state index in [0.29, 0.717) is 23.4 Å². The van der Waals surface area contributed by atoms with Crippen molar-refractivity contribution in [2.45, 2.75) is 6.54 Å². The Morgan fingerprint density at radius 1 is 0.970 bits per heavy atom. The quantitative estimate of drug-likeness (QED) is 0.396. The fraction of sp³-hybridized carbons (Fsp3) is 0.0400. The molecule has 0 aliphatic heterocycles. The summed E-state index contributed by atoms with van der Waals surface area (Å²) in [6, 6.07) is 20.4. The highest BCUT2D eigenvalue weighted by Crippen LogP contribution is 2.25. The van der Waals surface area contributed by atoms with Crippen LogP contribution in [-0.4, -0.2) is 30.3 Å². The van der Waals surface area contributed by atoms with Gasteiger partial charge in [0.15, 0.2) is 5.65 Å². The topological polar surface area (TPSA) is 77.1 Å². The number of hydrogen-bond donors (Lipinski definition) is 1. The van der Waals surface area contributed by atoms with E-state index in [1.54, 1.807) is 34.4 Å². The maximum atomic E-state index is 13.0. The summed E-state index contributed by atoms with van der Waals surface area (Å²) in [5.41, 5.74) is 3.62. The van der Waals surface area contributed by atoms with Gasteiger partial charge in [0.25, 0.3) is 5.91 Å². The maximum absolute atomic E-state index is 13.0. The summed E-state index contributed by atoms with van der Waals surface area (Å²) in [7, 11) is 0. The predicted molar refractivity (Wildman–Crippen MR) is 130 cm³/mol. The number of thiophene rings is 1. The number of hydrogen-bond acceptors (Lipinski definition) is 5. The minimum Gasteiger partial charge on any atom is -0.319 e. The summed E-state index contributed by atoms with van der Waals surface area (Å²) in [6.07, 6.45) is 6.73. The summed E-state index contributed by atoms with van der Waals surface area (Å²) in [4.78, 5) is 18.4. The summed E-state index contributed by atoms with van der Waals surface area (Å²) < 4.78 is 3.52. The molecule has 0 aliphatic rings. The smallest absolute Gasteiger partial charge is 0.261 e. The molecule has 0 aliphatic carbocycles. The van der Waals surface area contributed by atoms with Gasteiger partial charge < -0.3 is 5.32 Å². The third-order valence-corrected chi connectivity index (χ3v) is 6.42. The summed E-state index contributed by atoms with van der Waals surface area (Å²) in [6.45, 7) is 0.611. The van der Waals surface area contributed by atoms with E-state index in [9.17, 15) is 4.79 Å². The van der Waals surface area contributed by atoms with Gasteiger partial charge in [-0.05, 0) is 33.8 Å². The summed E-state index contributed by atoms with van der Waals surface area (Å²) in [5.74, 6) is -0.273. The van der Waals surface area contributed by atoms with Crippen molar-refractivity contribution in [3.63, 3.8) is 0 Å².